The van der Waals surface area contributed by atoms with E-state index in [0.717, 1.165) is 16.8 Å². The number of carbonyl (C=O) groups excluding carboxylic acids is 1. The maximum absolute atomic E-state index is 13.1. The summed E-state index contributed by atoms with van der Waals surface area (Å²) < 4.78 is 7.22. The highest BCUT2D eigenvalue weighted by Crippen LogP contribution is 2.31. The first-order valence-corrected chi connectivity index (χ1v) is 9.37. The minimum Gasteiger partial charge on any atom is -0.496 e. The Kier molecular flexibility index (Phi) is 5.38. The molecule has 1 heterocycles. The van der Waals surface area contributed by atoms with Gasteiger partial charge in [-0.15, -0.1) is 0 Å². The Balaban J connectivity index is 1.73. The molecule has 0 aliphatic heterocycles. The summed E-state index contributed by atoms with van der Waals surface area (Å²) in [6.07, 6.45) is 1.76. The van der Waals surface area contributed by atoms with Crippen LogP contribution in [0.15, 0.2) is 91.1 Å². The Labute approximate surface area is 169 Å². The van der Waals surface area contributed by atoms with E-state index in [0.29, 0.717) is 23.6 Å². The summed E-state index contributed by atoms with van der Waals surface area (Å²) in [6.45, 7) is 0.446. The molecule has 144 valence electrons. The number of carbonyl (C=O) groups is 1. The highest BCUT2D eigenvalue weighted by molar-refractivity contribution is 6.00. The molecule has 3 aromatic carbocycles. The lowest BCUT2D eigenvalue weighted by molar-refractivity contribution is 0.0951. The molecule has 0 radical (unpaired) electrons. The number of ether oxygens (including phenoxy) is 1. The average molecular weight is 383 g/mol. The van der Waals surface area contributed by atoms with Crippen molar-refractivity contribution in [1.29, 1.82) is 0 Å². The average Bonchev–Trinajstić information content (AvgIpc) is 3.24. The van der Waals surface area contributed by atoms with Gasteiger partial charge in [-0.3, -0.25) is 4.79 Å². The van der Waals surface area contributed by atoms with Crippen molar-refractivity contribution in [3.8, 4) is 22.7 Å². The molecule has 0 saturated carbocycles. The van der Waals surface area contributed by atoms with Crippen LogP contribution in [0.5, 0.6) is 5.75 Å². The van der Waals surface area contributed by atoms with Crippen LogP contribution in [0.4, 0.5) is 0 Å². The minimum atomic E-state index is -0.183. The van der Waals surface area contributed by atoms with Crippen molar-refractivity contribution in [2.24, 2.45) is 0 Å². The maximum atomic E-state index is 13.1. The van der Waals surface area contributed by atoms with Crippen LogP contribution < -0.4 is 10.1 Å². The predicted molar refractivity (Wildman–Crippen MR) is 113 cm³/mol. The fourth-order valence-corrected chi connectivity index (χ4v) is 3.17. The van der Waals surface area contributed by atoms with Crippen LogP contribution in [0.1, 0.15) is 15.9 Å². The van der Waals surface area contributed by atoms with Gasteiger partial charge in [-0.1, -0.05) is 60.7 Å². The van der Waals surface area contributed by atoms with E-state index in [2.05, 4.69) is 5.32 Å². The summed E-state index contributed by atoms with van der Waals surface area (Å²) >= 11 is 0. The molecule has 0 aliphatic carbocycles. The van der Waals surface area contributed by atoms with Crippen LogP contribution in [-0.2, 0) is 6.54 Å². The van der Waals surface area contributed by atoms with Gasteiger partial charge in [-0.25, -0.2) is 4.68 Å². The molecule has 5 heteroatoms. The number of aromatic nitrogens is 2. The Morgan fingerprint density at radius 3 is 2.31 bits per heavy atom. The lowest BCUT2D eigenvalue weighted by Crippen LogP contribution is -2.23. The van der Waals surface area contributed by atoms with Crippen molar-refractivity contribution in [3.05, 3.63) is 102 Å². The highest BCUT2D eigenvalue weighted by atomic mass is 16.5. The predicted octanol–water partition coefficient (Wildman–Crippen LogP) is 4.48. The monoisotopic (exact) mass is 383 g/mol. The van der Waals surface area contributed by atoms with E-state index in [-0.39, 0.29) is 5.91 Å². The highest BCUT2D eigenvalue weighted by Gasteiger charge is 2.21. The zero-order valence-electron chi connectivity index (χ0n) is 16.1. The lowest BCUT2D eigenvalue weighted by Gasteiger charge is -2.08. The number of hydrogen-bond acceptors (Lipinski definition) is 3. The molecule has 0 fully saturated rings. The third kappa shape index (κ3) is 4.04. The maximum Gasteiger partial charge on any atom is 0.255 e. The van der Waals surface area contributed by atoms with Crippen molar-refractivity contribution in [2.75, 3.05) is 7.11 Å². The summed E-state index contributed by atoms with van der Waals surface area (Å²) in [7, 11) is 1.61. The van der Waals surface area contributed by atoms with Gasteiger partial charge in [-0.05, 0) is 29.8 Å². The van der Waals surface area contributed by atoms with E-state index < -0.39 is 0 Å². The smallest absolute Gasteiger partial charge is 0.255 e. The second kappa shape index (κ2) is 8.44. The Bertz CT molecular complexity index is 1110. The van der Waals surface area contributed by atoms with E-state index in [4.69, 9.17) is 9.84 Å². The molecule has 0 spiro atoms. The van der Waals surface area contributed by atoms with E-state index in [9.17, 15) is 4.79 Å². The van der Waals surface area contributed by atoms with Gasteiger partial charge in [0.15, 0.2) is 0 Å². The van der Waals surface area contributed by atoms with Gasteiger partial charge >= 0.3 is 0 Å². The minimum absolute atomic E-state index is 0.183. The van der Waals surface area contributed by atoms with Gasteiger partial charge in [0.25, 0.3) is 5.91 Å². The quantitative estimate of drug-likeness (QED) is 0.534. The number of amides is 1. The zero-order valence-corrected chi connectivity index (χ0v) is 16.1. The number of rotatable bonds is 6. The molecule has 1 N–H and O–H groups in total. The molecule has 29 heavy (non-hydrogen) atoms. The number of methoxy groups -OCH3 is 1. The van der Waals surface area contributed by atoms with Crippen LogP contribution in [0, 0.1) is 0 Å². The molecule has 1 aromatic heterocycles. The summed E-state index contributed by atoms with van der Waals surface area (Å²) in [5, 5.41) is 7.71. The van der Waals surface area contributed by atoms with Gasteiger partial charge in [-0.2, -0.15) is 5.10 Å². The third-order valence-electron chi connectivity index (χ3n) is 4.64. The van der Waals surface area contributed by atoms with E-state index in [1.807, 2.05) is 84.9 Å². The molecule has 1 amide bonds. The molecule has 0 atom stereocenters. The molecule has 0 unspecified atom stereocenters. The standard InChI is InChI=1S/C24H21N3O2/c1-29-22-15-9-8-14-20(22)23-21(17-27(26-23)19-12-6-3-7-13-19)24(28)25-16-18-10-4-2-5-11-18/h2-15,17H,16H2,1H3,(H,25,28). The van der Waals surface area contributed by atoms with Crippen molar-refractivity contribution < 1.29 is 9.53 Å². The normalized spacial score (nSPS) is 10.5. The Hall–Kier alpha value is -3.86. The summed E-state index contributed by atoms with van der Waals surface area (Å²) in [5.74, 6) is 0.486. The van der Waals surface area contributed by atoms with Crippen molar-refractivity contribution in [3.63, 3.8) is 0 Å². The number of benzene rings is 3. The van der Waals surface area contributed by atoms with E-state index in [1.54, 1.807) is 18.0 Å². The van der Waals surface area contributed by atoms with Crippen LogP contribution in [0.25, 0.3) is 16.9 Å². The van der Waals surface area contributed by atoms with Crippen LogP contribution in [0.2, 0.25) is 0 Å². The first kappa shape index (κ1) is 18.5. The molecule has 0 bridgehead atoms. The number of nitrogens with zero attached hydrogens (tertiary/aromatic N) is 2. The summed E-state index contributed by atoms with van der Waals surface area (Å²) in [4.78, 5) is 13.1. The van der Waals surface area contributed by atoms with Crippen LogP contribution in [-0.4, -0.2) is 22.8 Å². The van der Waals surface area contributed by atoms with Crippen LogP contribution in [0.3, 0.4) is 0 Å². The van der Waals surface area contributed by atoms with Gasteiger partial charge < -0.3 is 10.1 Å². The molecule has 4 rings (SSSR count). The molecule has 0 saturated heterocycles. The first-order valence-electron chi connectivity index (χ1n) is 9.37. The lowest BCUT2D eigenvalue weighted by atomic mass is 10.1. The van der Waals surface area contributed by atoms with E-state index >= 15 is 0 Å². The molecular weight excluding hydrogens is 362 g/mol. The molecule has 0 aliphatic rings. The second-order valence-corrected chi connectivity index (χ2v) is 6.54. The zero-order chi connectivity index (χ0) is 20.1. The fourth-order valence-electron chi connectivity index (χ4n) is 3.17. The molecule has 4 aromatic rings. The number of para-hydroxylation sites is 2. The van der Waals surface area contributed by atoms with Crippen molar-refractivity contribution >= 4 is 5.91 Å². The SMILES string of the molecule is COc1ccccc1-c1nn(-c2ccccc2)cc1C(=O)NCc1ccccc1. The molecular formula is C24H21N3O2. The summed E-state index contributed by atoms with van der Waals surface area (Å²) in [5.41, 5.74) is 3.77. The Morgan fingerprint density at radius 1 is 0.931 bits per heavy atom. The third-order valence-corrected chi connectivity index (χ3v) is 4.64. The first-order chi connectivity index (χ1) is 14.3. The Morgan fingerprint density at radius 2 is 1.59 bits per heavy atom. The van der Waals surface area contributed by atoms with Gasteiger partial charge in [0, 0.05) is 18.3 Å². The fraction of sp³-hybridized carbons (Fsp3) is 0.0833. The topological polar surface area (TPSA) is 56.2 Å². The second-order valence-electron chi connectivity index (χ2n) is 6.54. The van der Waals surface area contributed by atoms with Gasteiger partial charge in [0.1, 0.15) is 11.4 Å². The largest absolute Gasteiger partial charge is 0.496 e. The van der Waals surface area contributed by atoms with Gasteiger partial charge in [0.2, 0.25) is 0 Å². The van der Waals surface area contributed by atoms with Crippen LogP contribution >= 0.6 is 0 Å². The number of nitrogens with one attached hydrogen (secondary N) is 1. The van der Waals surface area contributed by atoms with Crippen molar-refractivity contribution in [1.82, 2.24) is 15.1 Å². The van der Waals surface area contributed by atoms with E-state index in [1.165, 1.54) is 0 Å². The number of hydrogen-bond donors (Lipinski definition) is 1. The summed E-state index contributed by atoms with van der Waals surface area (Å²) in [6, 6.07) is 27.1. The van der Waals surface area contributed by atoms with Gasteiger partial charge in [0.05, 0.1) is 18.4 Å². The molecule has 5 nitrogen and oxygen atoms in total. The van der Waals surface area contributed by atoms with Crippen molar-refractivity contribution in [2.45, 2.75) is 6.54 Å².